The molecule has 1 heterocycles. The summed E-state index contributed by atoms with van der Waals surface area (Å²) in [6, 6.07) is 9.06. The van der Waals surface area contributed by atoms with Crippen LogP contribution in [0.4, 0.5) is 4.79 Å². The van der Waals surface area contributed by atoms with Crippen molar-refractivity contribution in [2.75, 3.05) is 7.11 Å². The van der Waals surface area contributed by atoms with Gasteiger partial charge in [0.2, 0.25) is 0 Å². The molecule has 0 bridgehead atoms. The molecule has 1 amide bonds. The quantitative estimate of drug-likeness (QED) is 0.686. The predicted molar refractivity (Wildman–Crippen MR) is 62.7 cm³/mol. The van der Waals surface area contributed by atoms with Gasteiger partial charge in [0, 0.05) is 5.70 Å². The number of carbonyl (C=O) groups is 1. The van der Waals surface area contributed by atoms with Crippen LogP contribution in [0.15, 0.2) is 30.0 Å². The minimum absolute atomic E-state index is 0.514. The Morgan fingerprint density at radius 3 is 2.82 bits per heavy atom. The van der Waals surface area contributed by atoms with Crippen LogP contribution < -0.4 is 0 Å². The Labute approximate surface area is 99.7 Å². The zero-order valence-corrected chi connectivity index (χ0v) is 9.68. The largest absolute Gasteiger partial charge is 0.452 e. The minimum Gasteiger partial charge on any atom is -0.452 e. The first-order chi connectivity index (χ1) is 8.19. The van der Waals surface area contributed by atoms with Crippen molar-refractivity contribution >= 4 is 12.2 Å². The number of fused-ring (bicyclic) bond motifs is 1. The Hall–Kier alpha value is -2.28. The lowest BCUT2D eigenvalue weighted by atomic mass is 9.95. The van der Waals surface area contributed by atoms with Crippen LogP contribution in [0.25, 0.3) is 6.08 Å². The van der Waals surface area contributed by atoms with E-state index < -0.39 is 12.1 Å². The molecule has 0 aromatic heterocycles. The number of hydrogen-bond acceptors (Lipinski definition) is 3. The van der Waals surface area contributed by atoms with Gasteiger partial charge in [-0.05, 0) is 24.1 Å². The molecular formula is C13H12N2O2. The van der Waals surface area contributed by atoms with Gasteiger partial charge in [0.05, 0.1) is 13.2 Å². The molecule has 1 unspecified atom stereocenters. The van der Waals surface area contributed by atoms with Gasteiger partial charge in [-0.2, -0.15) is 5.26 Å². The minimum atomic E-state index is -0.622. The second kappa shape index (κ2) is 4.30. The van der Waals surface area contributed by atoms with Crippen molar-refractivity contribution in [3.63, 3.8) is 0 Å². The van der Waals surface area contributed by atoms with E-state index in [1.165, 1.54) is 12.0 Å². The van der Waals surface area contributed by atoms with E-state index in [-0.39, 0.29) is 0 Å². The highest BCUT2D eigenvalue weighted by Gasteiger charge is 2.31. The first-order valence-electron chi connectivity index (χ1n) is 5.23. The Balaban J connectivity index is 2.55. The third-order valence-corrected chi connectivity index (χ3v) is 2.79. The molecule has 1 aliphatic heterocycles. The van der Waals surface area contributed by atoms with Crippen molar-refractivity contribution in [2.45, 2.75) is 13.0 Å². The topological polar surface area (TPSA) is 53.3 Å². The van der Waals surface area contributed by atoms with Gasteiger partial charge in [-0.25, -0.2) is 4.79 Å². The van der Waals surface area contributed by atoms with E-state index in [0.717, 1.165) is 11.1 Å². The molecule has 0 N–H and O–H groups in total. The third-order valence-electron chi connectivity index (χ3n) is 2.79. The number of allylic oxidation sites excluding steroid dienone is 1. The Morgan fingerprint density at radius 1 is 1.47 bits per heavy atom. The fourth-order valence-electron chi connectivity index (χ4n) is 2.00. The molecule has 1 aromatic rings. The summed E-state index contributed by atoms with van der Waals surface area (Å²) in [7, 11) is 1.31. The maximum absolute atomic E-state index is 11.7. The lowest BCUT2D eigenvalue weighted by Crippen LogP contribution is -2.34. The van der Waals surface area contributed by atoms with E-state index in [9.17, 15) is 10.1 Å². The summed E-state index contributed by atoms with van der Waals surface area (Å²) < 4.78 is 4.70. The second-order valence-electron chi connectivity index (χ2n) is 3.79. The van der Waals surface area contributed by atoms with Crippen molar-refractivity contribution in [2.24, 2.45) is 0 Å². The van der Waals surface area contributed by atoms with Gasteiger partial charge in [0.25, 0.3) is 0 Å². The molecule has 0 radical (unpaired) electrons. The monoisotopic (exact) mass is 228 g/mol. The van der Waals surface area contributed by atoms with Crippen LogP contribution in [0.5, 0.6) is 0 Å². The first-order valence-corrected chi connectivity index (χ1v) is 5.23. The van der Waals surface area contributed by atoms with Gasteiger partial charge in [0.15, 0.2) is 6.04 Å². The molecule has 17 heavy (non-hydrogen) atoms. The van der Waals surface area contributed by atoms with Crippen molar-refractivity contribution < 1.29 is 9.53 Å². The summed E-state index contributed by atoms with van der Waals surface area (Å²) in [4.78, 5) is 13.0. The number of hydrogen-bond donors (Lipinski definition) is 0. The van der Waals surface area contributed by atoms with Crippen molar-refractivity contribution in [3.8, 4) is 6.07 Å². The van der Waals surface area contributed by atoms with Gasteiger partial charge in [-0.3, -0.25) is 4.90 Å². The van der Waals surface area contributed by atoms with E-state index in [2.05, 4.69) is 6.07 Å². The van der Waals surface area contributed by atoms with E-state index in [1.807, 2.05) is 30.3 Å². The van der Waals surface area contributed by atoms with Gasteiger partial charge in [-0.1, -0.05) is 24.3 Å². The Kier molecular flexibility index (Phi) is 2.84. The number of benzene rings is 1. The molecule has 86 valence electrons. The summed E-state index contributed by atoms with van der Waals surface area (Å²) in [5.41, 5.74) is 2.50. The lowest BCUT2D eigenvalue weighted by Gasteiger charge is -2.31. The maximum atomic E-state index is 11.7. The molecular weight excluding hydrogens is 216 g/mol. The van der Waals surface area contributed by atoms with E-state index in [1.54, 1.807) is 6.92 Å². The van der Waals surface area contributed by atoms with Crippen LogP contribution in [0.3, 0.4) is 0 Å². The predicted octanol–water partition coefficient (Wildman–Crippen LogP) is 2.69. The second-order valence-corrected chi connectivity index (χ2v) is 3.79. The molecule has 1 atom stereocenters. The third kappa shape index (κ3) is 1.76. The van der Waals surface area contributed by atoms with Crippen LogP contribution in [-0.2, 0) is 4.74 Å². The summed E-state index contributed by atoms with van der Waals surface area (Å²) in [6.45, 7) is 1.79. The van der Waals surface area contributed by atoms with E-state index in [4.69, 9.17) is 4.74 Å². The van der Waals surface area contributed by atoms with Gasteiger partial charge >= 0.3 is 6.09 Å². The average Bonchev–Trinajstić information content (AvgIpc) is 2.36. The zero-order valence-electron chi connectivity index (χ0n) is 9.68. The average molecular weight is 228 g/mol. The first kappa shape index (κ1) is 11.2. The molecule has 0 fully saturated rings. The number of methoxy groups -OCH3 is 1. The summed E-state index contributed by atoms with van der Waals surface area (Å²) in [5, 5.41) is 9.24. The van der Waals surface area contributed by atoms with E-state index >= 15 is 0 Å². The van der Waals surface area contributed by atoms with Crippen LogP contribution >= 0.6 is 0 Å². The van der Waals surface area contributed by atoms with Gasteiger partial charge < -0.3 is 4.74 Å². The van der Waals surface area contributed by atoms with Crippen molar-refractivity contribution in [1.29, 1.82) is 5.26 Å². The fraction of sp³-hybridized carbons (Fsp3) is 0.231. The van der Waals surface area contributed by atoms with Crippen LogP contribution in [0.2, 0.25) is 0 Å². The Bertz CT molecular complexity index is 528. The molecule has 2 rings (SSSR count). The van der Waals surface area contributed by atoms with Crippen LogP contribution in [-0.4, -0.2) is 18.1 Å². The SMILES string of the molecule is COC(=O)N1C(C)=Cc2ccccc2C1C#N. The van der Waals surface area contributed by atoms with Crippen LogP contribution in [0, 0.1) is 11.3 Å². The number of amides is 1. The number of carbonyl (C=O) groups excluding carboxylic acids is 1. The van der Waals surface area contributed by atoms with E-state index in [0.29, 0.717) is 5.70 Å². The highest BCUT2D eigenvalue weighted by atomic mass is 16.5. The fourth-order valence-corrected chi connectivity index (χ4v) is 2.00. The van der Waals surface area contributed by atoms with Gasteiger partial charge in [-0.15, -0.1) is 0 Å². The molecule has 0 saturated carbocycles. The number of rotatable bonds is 0. The Morgan fingerprint density at radius 2 is 2.18 bits per heavy atom. The smallest absolute Gasteiger partial charge is 0.415 e. The molecule has 1 aromatic carbocycles. The number of nitrogens with zero attached hydrogens (tertiary/aromatic N) is 2. The zero-order chi connectivity index (χ0) is 12.4. The molecule has 0 aliphatic carbocycles. The molecule has 4 heteroatoms. The summed E-state index contributed by atoms with van der Waals surface area (Å²) >= 11 is 0. The lowest BCUT2D eigenvalue weighted by molar-refractivity contribution is 0.128. The molecule has 1 aliphatic rings. The maximum Gasteiger partial charge on any atom is 0.415 e. The molecule has 0 saturated heterocycles. The number of ether oxygens (including phenoxy) is 1. The summed E-state index contributed by atoms with van der Waals surface area (Å²) in [6.07, 6.45) is 1.36. The normalized spacial score (nSPS) is 17.8. The highest BCUT2D eigenvalue weighted by molar-refractivity contribution is 5.76. The van der Waals surface area contributed by atoms with Gasteiger partial charge in [0.1, 0.15) is 0 Å². The van der Waals surface area contributed by atoms with Crippen molar-refractivity contribution in [3.05, 3.63) is 41.1 Å². The van der Waals surface area contributed by atoms with Crippen LogP contribution in [0.1, 0.15) is 24.1 Å². The molecule has 0 spiro atoms. The summed E-state index contributed by atoms with van der Waals surface area (Å²) in [5.74, 6) is 0. The van der Waals surface area contributed by atoms with Crippen molar-refractivity contribution in [1.82, 2.24) is 4.90 Å². The highest BCUT2D eigenvalue weighted by Crippen LogP contribution is 2.33. The standard InChI is InChI=1S/C13H12N2O2/c1-9-7-10-5-3-4-6-11(10)12(8-14)15(9)13(16)17-2/h3-7,12H,1-2H3. The molecule has 4 nitrogen and oxygen atoms in total. The number of nitriles is 1.